The number of nitrogens with zero attached hydrogens (tertiary/aromatic N) is 2. The lowest BCUT2D eigenvalue weighted by molar-refractivity contribution is 0.0672. The van der Waals surface area contributed by atoms with Gasteiger partial charge in [-0.05, 0) is 49.1 Å². The van der Waals surface area contributed by atoms with Crippen LogP contribution in [0.5, 0.6) is 5.75 Å². The van der Waals surface area contributed by atoms with E-state index in [1.165, 1.54) is 11.3 Å². The van der Waals surface area contributed by atoms with Crippen LogP contribution in [0.3, 0.4) is 0 Å². The van der Waals surface area contributed by atoms with Gasteiger partial charge in [-0.25, -0.2) is 8.42 Å². The van der Waals surface area contributed by atoms with Gasteiger partial charge in [0.05, 0.1) is 24.7 Å². The summed E-state index contributed by atoms with van der Waals surface area (Å²) in [5.41, 5.74) is 0.943. The molecule has 158 valence electrons. The molecule has 7 nitrogen and oxygen atoms in total. The van der Waals surface area contributed by atoms with Crippen LogP contribution in [0.4, 0.5) is 0 Å². The van der Waals surface area contributed by atoms with Crippen LogP contribution in [-0.4, -0.2) is 48.5 Å². The van der Waals surface area contributed by atoms with E-state index in [2.05, 4.69) is 5.16 Å². The Bertz CT molecular complexity index is 1100. The summed E-state index contributed by atoms with van der Waals surface area (Å²) in [6.45, 7) is 2.85. The quantitative estimate of drug-likeness (QED) is 0.551. The molecule has 3 aromatic rings. The SMILES string of the molecule is CCOc1ccc(-c2cc(C(=O)N(Cc3cccs3)C3CCS(=O)(=O)C3)no2)cc1. The van der Waals surface area contributed by atoms with Gasteiger partial charge in [-0.3, -0.25) is 4.79 Å². The lowest BCUT2D eigenvalue weighted by Crippen LogP contribution is -2.40. The lowest BCUT2D eigenvalue weighted by atomic mass is 10.1. The maximum absolute atomic E-state index is 13.2. The van der Waals surface area contributed by atoms with Crippen molar-refractivity contribution in [2.75, 3.05) is 18.1 Å². The van der Waals surface area contributed by atoms with Gasteiger partial charge in [0.15, 0.2) is 21.3 Å². The van der Waals surface area contributed by atoms with E-state index in [4.69, 9.17) is 9.26 Å². The Morgan fingerprint density at radius 1 is 1.30 bits per heavy atom. The standard InChI is InChI=1S/C21H22N2O5S2/c1-2-27-17-7-5-15(6-8-17)20-12-19(22-28-20)21(24)23(13-18-4-3-10-29-18)16-9-11-30(25,26)14-16/h3-8,10,12,16H,2,9,11,13-14H2,1H3. The van der Waals surface area contributed by atoms with E-state index in [1.807, 2.05) is 48.7 Å². The van der Waals surface area contributed by atoms with Crippen molar-refractivity contribution in [3.8, 4) is 17.1 Å². The van der Waals surface area contributed by atoms with Crippen LogP contribution >= 0.6 is 11.3 Å². The highest BCUT2D eigenvalue weighted by atomic mass is 32.2. The molecule has 1 saturated heterocycles. The average molecular weight is 447 g/mol. The molecular weight excluding hydrogens is 424 g/mol. The maximum Gasteiger partial charge on any atom is 0.276 e. The monoisotopic (exact) mass is 446 g/mol. The molecule has 0 aliphatic carbocycles. The first-order chi connectivity index (χ1) is 14.4. The van der Waals surface area contributed by atoms with Gasteiger partial charge in [0, 0.05) is 22.5 Å². The second-order valence-corrected chi connectivity index (χ2v) is 10.4. The van der Waals surface area contributed by atoms with E-state index in [-0.39, 0.29) is 29.1 Å². The molecule has 0 radical (unpaired) electrons. The number of sulfone groups is 1. The molecular formula is C21H22N2O5S2. The minimum atomic E-state index is -3.13. The van der Waals surface area contributed by atoms with Gasteiger partial charge in [-0.2, -0.15) is 0 Å². The topological polar surface area (TPSA) is 89.7 Å². The summed E-state index contributed by atoms with van der Waals surface area (Å²) in [4.78, 5) is 15.8. The van der Waals surface area contributed by atoms with E-state index in [1.54, 1.807) is 11.0 Å². The molecule has 3 heterocycles. The largest absolute Gasteiger partial charge is 0.494 e. The summed E-state index contributed by atoms with van der Waals surface area (Å²) in [6, 6.07) is 12.4. The van der Waals surface area contributed by atoms with E-state index in [0.717, 1.165) is 16.2 Å². The van der Waals surface area contributed by atoms with Gasteiger partial charge in [-0.1, -0.05) is 11.2 Å². The Balaban J connectivity index is 1.57. The van der Waals surface area contributed by atoms with Gasteiger partial charge in [0.1, 0.15) is 5.75 Å². The van der Waals surface area contributed by atoms with Crippen LogP contribution in [0.2, 0.25) is 0 Å². The summed E-state index contributed by atoms with van der Waals surface area (Å²) < 4.78 is 34.8. The number of carbonyl (C=O) groups is 1. The average Bonchev–Trinajstić information content (AvgIpc) is 3.47. The fraction of sp³-hybridized carbons (Fsp3) is 0.333. The Labute approximate surface area is 179 Å². The van der Waals surface area contributed by atoms with Crippen molar-refractivity contribution in [1.29, 1.82) is 0 Å². The van der Waals surface area contributed by atoms with Gasteiger partial charge in [-0.15, -0.1) is 11.3 Å². The number of amides is 1. The van der Waals surface area contributed by atoms with Gasteiger partial charge >= 0.3 is 0 Å². The van der Waals surface area contributed by atoms with E-state index >= 15 is 0 Å². The Kier molecular flexibility index (Phi) is 5.92. The molecule has 1 atom stereocenters. The molecule has 1 unspecified atom stereocenters. The highest BCUT2D eigenvalue weighted by Gasteiger charge is 2.36. The zero-order valence-corrected chi connectivity index (χ0v) is 18.1. The number of carbonyl (C=O) groups excluding carboxylic acids is 1. The molecule has 0 saturated carbocycles. The molecule has 1 amide bonds. The molecule has 2 aromatic heterocycles. The first kappa shape index (κ1) is 20.6. The molecule has 1 fully saturated rings. The van der Waals surface area contributed by atoms with E-state index in [9.17, 15) is 13.2 Å². The third-order valence-electron chi connectivity index (χ3n) is 5.00. The maximum atomic E-state index is 13.2. The third-order valence-corrected chi connectivity index (χ3v) is 7.61. The zero-order chi connectivity index (χ0) is 21.1. The summed E-state index contributed by atoms with van der Waals surface area (Å²) >= 11 is 1.53. The van der Waals surface area contributed by atoms with Crippen molar-refractivity contribution >= 4 is 27.1 Å². The second kappa shape index (κ2) is 8.61. The lowest BCUT2D eigenvalue weighted by Gasteiger charge is -2.26. The number of rotatable bonds is 7. The Hall–Kier alpha value is -2.65. The summed E-state index contributed by atoms with van der Waals surface area (Å²) in [5.74, 6) is 0.972. The number of hydrogen-bond acceptors (Lipinski definition) is 7. The van der Waals surface area contributed by atoms with Crippen molar-refractivity contribution in [2.45, 2.75) is 25.9 Å². The minimum Gasteiger partial charge on any atom is -0.494 e. The summed E-state index contributed by atoms with van der Waals surface area (Å²) in [6.07, 6.45) is 0.434. The molecule has 0 N–H and O–H groups in total. The highest BCUT2D eigenvalue weighted by Crippen LogP contribution is 2.27. The van der Waals surface area contributed by atoms with Crippen LogP contribution in [0.25, 0.3) is 11.3 Å². The predicted molar refractivity (Wildman–Crippen MR) is 114 cm³/mol. The van der Waals surface area contributed by atoms with Crippen molar-refractivity contribution < 1.29 is 22.5 Å². The van der Waals surface area contributed by atoms with Crippen LogP contribution < -0.4 is 4.74 Å². The van der Waals surface area contributed by atoms with Crippen LogP contribution in [0.15, 0.2) is 52.4 Å². The first-order valence-corrected chi connectivity index (χ1v) is 12.4. The smallest absolute Gasteiger partial charge is 0.276 e. The molecule has 0 spiro atoms. The number of benzene rings is 1. The molecule has 1 aliphatic heterocycles. The number of ether oxygens (including phenoxy) is 1. The normalized spacial score (nSPS) is 17.7. The number of thiophene rings is 1. The number of aromatic nitrogens is 1. The van der Waals surface area contributed by atoms with Gasteiger partial charge < -0.3 is 14.2 Å². The summed E-state index contributed by atoms with van der Waals surface area (Å²) in [5, 5.41) is 5.90. The molecule has 1 aliphatic rings. The van der Waals surface area contributed by atoms with Gasteiger partial charge in [0.2, 0.25) is 0 Å². The van der Waals surface area contributed by atoms with Gasteiger partial charge in [0.25, 0.3) is 5.91 Å². The predicted octanol–water partition coefficient (Wildman–Crippen LogP) is 3.63. The Morgan fingerprint density at radius 3 is 2.73 bits per heavy atom. The van der Waals surface area contributed by atoms with Crippen LogP contribution in [0.1, 0.15) is 28.7 Å². The van der Waals surface area contributed by atoms with Crippen molar-refractivity contribution in [2.24, 2.45) is 0 Å². The fourth-order valence-corrected chi connectivity index (χ4v) is 5.93. The third kappa shape index (κ3) is 4.57. The zero-order valence-electron chi connectivity index (χ0n) is 16.5. The first-order valence-electron chi connectivity index (χ1n) is 9.69. The second-order valence-electron chi connectivity index (χ2n) is 7.10. The van der Waals surface area contributed by atoms with Crippen molar-refractivity contribution in [3.05, 3.63) is 58.4 Å². The van der Waals surface area contributed by atoms with Crippen LogP contribution in [0, 0.1) is 0 Å². The molecule has 1 aromatic carbocycles. The summed E-state index contributed by atoms with van der Waals surface area (Å²) in [7, 11) is -3.13. The highest BCUT2D eigenvalue weighted by molar-refractivity contribution is 7.91. The molecule has 30 heavy (non-hydrogen) atoms. The van der Waals surface area contributed by atoms with Crippen molar-refractivity contribution in [1.82, 2.24) is 10.1 Å². The minimum absolute atomic E-state index is 0.0201. The molecule has 9 heteroatoms. The Morgan fingerprint density at radius 2 is 2.10 bits per heavy atom. The van der Waals surface area contributed by atoms with E-state index < -0.39 is 9.84 Å². The number of hydrogen-bond donors (Lipinski definition) is 0. The molecule has 0 bridgehead atoms. The van der Waals surface area contributed by atoms with E-state index in [0.29, 0.717) is 25.3 Å². The van der Waals surface area contributed by atoms with Crippen LogP contribution in [-0.2, 0) is 16.4 Å². The fourth-order valence-electron chi connectivity index (χ4n) is 3.50. The van der Waals surface area contributed by atoms with Crippen molar-refractivity contribution in [3.63, 3.8) is 0 Å². The molecule has 4 rings (SSSR count).